The van der Waals surface area contributed by atoms with Crippen LogP contribution in [0.2, 0.25) is 0 Å². The Hall–Kier alpha value is -0.830. The fraction of sp³-hybridized carbons (Fsp3) is 0.767. The van der Waals surface area contributed by atoms with E-state index in [4.69, 9.17) is 8.47 Å². The van der Waals surface area contributed by atoms with Crippen LogP contribution in [0.1, 0.15) is 140 Å². The molecule has 0 fully saturated rings. The average molecular weight is 577 g/mol. The first-order valence-corrected chi connectivity index (χ1v) is 18.1. The lowest BCUT2D eigenvalue weighted by Crippen LogP contribution is -2.61. The van der Waals surface area contributed by atoms with Gasteiger partial charge >= 0.3 is 5.97 Å². The summed E-state index contributed by atoms with van der Waals surface area (Å²) >= 11 is 0. The van der Waals surface area contributed by atoms with Crippen molar-refractivity contribution in [2.45, 2.75) is 135 Å². The lowest BCUT2D eigenvalue weighted by atomic mass is 10.0. The summed E-state index contributed by atoms with van der Waals surface area (Å²) in [4.78, 5) is 13.1. The molecule has 0 bridgehead atoms. The number of hydrogen-bond donors (Lipinski definition) is 0. The molecular weight excluding hydrogens is 524 g/mol. The van der Waals surface area contributed by atoms with Gasteiger partial charge in [0.25, 0.3) is 0 Å². The number of esters is 1. The molecule has 0 heterocycles. The molecule has 0 amide bonds. The maximum absolute atomic E-state index is 12.6. The van der Waals surface area contributed by atoms with Gasteiger partial charge in [-0.15, -0.1) is 0 Å². The predicted octanol–water partition coefficient (Wildman–Crippen LogP) is 6.53. The van der Waals surface area contributed by atoms with E-state index in [2.05, 4.69) is 6.92 Å². The molecule has 0 aliphatic carbocycles. The summed E-state index contributed by atoms with van der Waals surface area (Å²) in [5, 5.41) is 0. The molecule has 1 atom stereocenters. The molecule has 0 N–H and O–H groups in total. The molecule has 0 aromatic heterocycles. The van der Waals surface area contributed by atoms with E-state index in [-0.39, 0.29) is 12.2 Å². The number of hydrogen-bond acceptors (Lipinski definition) is 6. The Morgan fingerprint density at radius 1 is 0.684 bits per heavy atom. The van der Waals surface area contributed by atoms with Gasteiger partial charge in [-0.1, -0.05) is 122 Å². The molecular formula is C30H53ClO6S. The van der Waals surface area contributed by atoms with Gasteiger partial charge in [-0.25, -0.2) is 4.79 Å². The Labute approximate surface area is 236 Å². The molecule has 6 nitrogen and oxygen atoms in total. The van der Waals surface area contributed by atoms with E-state index in [1.165, 1.54) is 77.0 Å². The van der Waals surface area contributed by atoms with Crippen molar-refractivity contribution < 1.29 is 37.5 Å². The summed E-state index contributed by atoms with van der Waals surface area (Å²) in [6, 6.07) is 6.80. The van der Waals surface area contributed by atoms with Crippen molar-refractivity contribution in [3.05, 3.63) is 29.8 Å². The Morgan fingerprint density at radius 2 is 1.16 bits per heavy atom. The third-order valence-corrected chi connectivity index (χ3v) is 11.6. The standard InChI is InChI=1S/C30H53ClO6S/c1-4-7-8-9-10-11-12-13-14-15-16-17-18-19-20-23-27-38(26-5-2,37-31(33,34)35)29-25-22-21-24-28(29)30(32)36-6-3/h21-22,24-25H,4-20,23,26-27H2,1-3H3. The van der Waals surface area contributed by atoms with E-state index in [9.17, 15) is 18.8 Å². The number of carbonyl (C=O) groups is 1. The van der Waals surface area contributed by atoms with Crippen LogP contribution in [0.5, 0.6) is 0 Å². The van der Waals surface area contributed by atoms with Gasteiger partial charge in [0.2, 0.25) is 0 Å². The second-order valence-corrected chi connectivity index (χ2v) is 14.3. The first kappa shape index (κ1) is 35.2. The molecule has 0 aliphatic heterocycles. The van der Waals surface area contributed by atoms with E-state index < -0.39 is 26.5 Å². The summed E-state index contributed by atoms with van der Waals surface area (Å²) in [6.45, 7) is 6.12. The maximum atomic E-state index is 12.6. The highest BCUT2D eigenvalue weighted by atomic mass is 35.7. The fourth-order valence-electron chi connectivity index (χ4n) is 4.95. The normalized spacial score (nSPS) is 14.3. The molecule has 38 heavy (non-hydrogen) atoms. The summed E-state index contributed by atoms with van der Waals surface area (Å²) in [6.07, 6.45) is 20.6. The van der Waals surface area contributed by atoms with Crippen molar-refractivity contribution in [3.63, 3.8) is 0 Å². The quantitative estimate of drug-likeness (QED) is 0.102. The summed E-state index contributed by atoms with van der Waals surface area (Å²) < 4.78 is 45.8. The zero-order chi connectivity index (χ0) is 28.1. The third-order valence-electron chi connectivity index (χ3n) is 6.84. The summed E-state index contributed by atoms with van der Waals surface area (Å²) in [5.41, 5.74) is 0.285. The SMILES string of the molecule is CCCCCCCCCCCCCCCCCCS(CCC)(O[Cl+3]([O-])([O-])[O-])c1ccccc1C(=O)OCC. The first-order chi connectivity index (χ1) is 18.3. The molecule has 1 aromatic rings. The Balaban J connectivity index is 2.49. The van der Waals surface area contributed by atoms with Crippen LogP contribution in [0.25, 0.3) is 0 Å². The number of halogens is 1. The molecule has 1 unspecified atom stereocenters. The largest absolute Gasteiger partial charge is 0.462 e. The van der Waals surface area contributed by atoms with Crippen molar-refractivity contribution in [2.24, 2.45) is 0 Å². The zero-order valence-corrected chi connectivity index (χ0v) is 25.8. The van der Waals surface area contributed by atoms with Gasteiger partial charge in [-0.05, 0) is 31.9 Å². The predicted molar refractivity (Wildman–Crippen MR) is 149 cm³/mol. The number of carbonyl (C=O) groups excluding carboxylic acids is 1. The van der Waals surface area contributed by atoms with Gasteiger partial charge in [-0.2, -0.15) is 14.0 Å². The average Bonchev–Trinajstić information content (AvgIpc) is 2.87. The van der Waals surface area contributed by atoms with Crippen LogP contribution < -0.4 is 14.0 Å². The van der Waals surface area contributed by atoms with E-state index in [0.717, 1.165) is 25.7 Å². The molecule has 1 aromatic carbocycles. The van der Waals surface area contributed by atoms with Gasteiger partial charge in [0, 0.05) is 26.7 Å². The highest BCUT2D eigenvalue weighted by Gasteiger charge is 2.43. The molecule has 0 saturated carbocycles. The number of unbranched alkanes of at least 4 members (excludes halogenated alkanes) is 15. The molecule has 0 spiro atoms. The smallest absolute Gasteiger partial charge is 0.339 e. The van der Waals surface area contributed by atoms with Gasteiger partial charge in [0.1, 0.15) is 3.74 Å². The van der Waals surface area contributed by atoms with Crippen LogP contribution in [0.15, 0.2) is 29.2 Å². The minimum atomic E-state index is -4.63. The molecule has 8 heteroatoms. The molecule has 0 aliphatic rings. The maximum Gasteiger partial charge on any atom is 0.339 e. The van der Waals surface area contributed by atoms with Gasteiger partial charge in [0.15, 0.2) is 0 Å². The summed E-state index contributed by atoms with van der Waals surface area (Å²) in [5.74, 6) is 0.312. The van der Waals surface area contributed by atoms with Crippen molar-refractivity contribution in [1.29, 1.82) is 0 Å². The molecule has 0 radical (unpaired) electrons. The van der Waals surface area contributed by atoms with Crippen LogP contribution in [0.3, 0.4) is 0 Å². The van der Waals surface area contributed by atoms with E-state index in [1.54, 1.807) is 31.2 Å². The van der Waals surface area contributed by atoms with Crippen molar-refractivity contribution >= 4 is 16.3 Å². The number of rotatable bonds is 24. The second-order valence-electron chi connectivity index (χ2n) is 10.2. The fourth-order valence-corrected chi connectivity index (χ4v) is 9.76. The lowest BCUT2D eigenvalue weighted by Gasteiger charge is -2.35. The minimum absolute atomic E-state index is 0.210. The molecule has 1 rings (SSSR count). The number of benzene rings is 1. The van der Waals surface area contributed by atoms with Crippen molar-refractivity contribution in [3.8, 4) is 0 Å². The highest BCUT2D eigenvalue weighted by Crippen LogP contribution is 2.60. The Morgan fingerprint density at radius 3 is 1.61 bits per heavy atom. The third kappa shape index (κ3) is 15.1. The van der Waals surface area contributed by atoms with Crippen LogP contribution in [0, 0.1) is 10.2 Å². The van der Waals surface area contributed by atoms with Crippen LogP contribution in [-0.2, 0) is 8.47 Å². The van der Waals surface area contributed by atoms with E-state index in [0.29, 0.717) is 22.8 Å². The first-order valence-electron chi connectivity index (χ1n) is 15.0. The minimum Gasteiger partial charge on any atom is -0.462 e. The lowest BCUT2D eigenvalue weighted by molar-refractivity contribution is -1.91. The van der Waals surface area contributed by atoms with Gasteiger partial charge in [0.05, 0.1) is 22.4 Å². The molecule has 222 valence electrons. The zero-order valence-electron chi connectivity index (χ0n) is 24.2. The van der Waals surface area contributed by atoms with E-state index >= 15 is 0 Å². The van der Waals surface area contributed by atoms with Crippen molar-refractivity contribution in [2.75, 3.05) is 18.1 Å². The van der Waals surface area contributed by atoms with E-state index in [1.807, 2.05) is 6.92 Å². The monoisotopic (exact) mass is 576 g/mol. The van der Waals surface area contributed by atoms with Gasteiger partial charge in [-0.3, -0.25) is 0 Å². The van der Waals surface area contributed by atoms with Crippen molar-refractivity contribution in [1.82, 2.24) is 0 Å². The highest BCUT2D eigenvalue weighted by molar-refractivity contribution is 8.29. The van der Waals surface area contributed by atoms with Gasteiger partial charge < -0.3 is 4.74 Å². The Kier molecular flexibility index (Phi) is 19.4. The Bertz CT molecular complexity index is 742. The van der Waals surface area contributed by atoms with Crippen LogP contribution in [-0.4, -0.2) is 24.1 Å². The second kappa shape index (κ2) is 21.0. The van der Waals surface area contributed by atoms with Crippen LogP contribution in [0.4, 0.5) is 0 Å². The molecule has 0 saturated heterocycles. The topological polar surface area (TPSA) is 105 Å². The number of ether oxygens (including phenoxy) is 1. The van der Waals surface area contributed by atoms with Crippen LogP contribution >= 0.6 is 10.3 Å². The summed E-state index contributed by atoms with van der Waals surface area (Å²) in [7, 11) is -7.14.